The Morgan fingerprint density at radius 2 is 1.55 bits per heavy atom. The van der Waals surface area contributed by atoms with Gasteiger partial charge in [-0.2, -0.15) is 0 Å². The quantitative estimate of drug-likeness (QED) is 0.377. The van der Waals surface area contributed by atoms with E-state index in [-0.39, 0.29) is 0 Å². The van der Waals surface area contributed by atoms with E-state index in [0.29, 0.717) is 5.41 Å². The zero-order valence-corrected chi connectivity index (χ0v) is 19.9. The smallest absolute Gasteiger partial charge is 0.105 e. The van der Waals surface area contributed by atoms with Crippen molar-refractivity contribution < 1.29 is 0 Å². The number of hydrogen-bond donors (Lipinski definition) is 1. The Labute approximate surface area is 180 Å². The molecule has 2 rings (SSSR count). The Kier molecular flexibility index (Phi) is 11.3. The molecule has 0 unspecified atom stereocenters. The summed E-state index contributed by atoms with van der Waals surface area (Å²) in [4.78, 5) is 12.6. The Hall–Kier alpha value is -0.870. The number of likely N-dealkylation sites (tertiary alicyclic amines) is 1. The third kappa shape index (κ3) is 10.1. The molecule has 0 aromatic carbocycles. The van der Waals surface area contributed by atoms with Crippen molar-refractivity contribution in [3.63, 3.8) is 0 Å². The second-order valence-electron chi connectivity index (χ2n) is 10.3. The minimum absolute atomic E-state index is 0.453. The molecule has 29 heavy (non-hydrogen) atoms. The molecule has 1 fully saturated rings. The number of unbranched alkanes of at least 4 members (excludes halogenated alkanes) is 8. The van der Waals surface area contributed by atoms with E-state index in [1.54, 1.807) is 0 Å². The maximum absolute atomic E-state index is 4.29. The first-order valence-corrected chi connectivity index (χ1v) is 12.3. The summed E-state index contributed by atoms with van der Waals surface area (Å²) in [6, 6.07) is 0. The molecule has 1 N–H and O–H groups in total. The van der Waals surface area contributed by atoms with Crippen molar-refractivity contribution >= 4 is 0 Å². The first-order valence-electron chi connectivity index (χ1n) is 12.3. The van der Waals surface area contributed by atoms with Gasteiger partial charge < -0.3 is 14.8 Å². The lowest BCUT2D eigenvalue weighted by Crippen LogP contribution is -2.42. The summed E-state index contributed by atoms with van der Waals surface area (Å²) in [5, 5.41) is 0. The molecule has 4 nitrogen and oxygen atoms in total. The van der Waals surface area contributed by atoms with E-state index < -0.39 is 0 Å². The number of nitrogens with one attached hydrogen (secondary N) is 1. The average Bonchev–Trinajstić information content (AvgIpc) is 3.19. The Bertz CT molecular complexity index is 501. The highest BCUT2D eigenvalue weighted by Gasteiger charge is 2.32. The van der Waals surface area contributed by atoms with Gasteiger partial charge in [-0.15, -0.1) is 0 Å². The fourth-order valence-electron chi connectivity index (χ4n) is 5.18. The molecule has 0 bridgehead atoms. The van der Waals surface area contributed by atoms with Gasteiger partial charge in [0.2, 0.25) is 0 Å². The largest absolute Gasteiger partial charge is 0.349 e. The minimum Gasteiger partial charge on any atom is -0.349 e. The highest BCUT2D eigenvalue weighted by molar-refractivity contribution is 4.86. The van der Waals surface area contributed by atoms with Crippen LogP contribution in [-0.4, -0.2) is 60.0 Å². The highest BCUT2D eigenvalue weighted by Crippen LogP contribution is 2.35. The number of hydrogen-bond acceptors (Lipinski definition) is 3. The predicted molar refractivity (Wildman–Crippen MR) is 125 cm³/mol. The van der Waals surface area contributed by atoms with Crippen LogP contribution in [0.2, 0.25) is 0 Å². The summed E-state index contributed by atoms with van der Waals surface area (Å²) in [5.41, 5.74) is 0.453. The second kappa shape index (κ2) is 13.4. The van der Waals surface area contributed by atoms with Gasteiger partial charge in [0.1, 0.15) is 5.82 Å². The van der Waals surface area contributed by atoms with E-state index in [1.165, 1.54) is 96.8 Å². The minimum atomic E-state index is 0.453. The lowest BCUT2D eigenvalue weighted by Gasteiger charge is -2.42. The fourth-order valence-corrected chi connectivity index (χ4v) is 5.18. The van der Waals surface area contributed by atoms with Crippen LogP contribution in [0.1, 0.15) is 90.3 Å². The number of H-pyrrole nitrogens is 1. The maximum Gasteiger partial charge on any atom is 0.105 e. The summed E-state index contributed by atoms with van der Waals surface area (Å²) in [5.74, 6) is 2.03. The second-order valence-corrected chi connectivity index (χ2v) is 10.3. The number of aromatic nitrogens is 2. The first-order chi connectivity index (χ1) is 14.0. The average molecular weight is 405 g/mol. The van der Waals surface area contributed by atoms with Crippen LogP contribution in [0.15, 0.2) is 12.4 Å². The zero-order valence-electron chi connectivity index (χ0n) is 19.9. The molecule has 0 radical (unpaired) electrons. The standard InChI is InChI=1S/C25H48N4/c1-25(2,22-28(3)4)23-15-20-29(21-16-23)19-13-11-9-7-5-6-8-10-12-14-24-26-17-18-27-24/h17-18,23H,5-16,19-22H2,1-4H3,(H,26,27). The number of aryl methyl sites for hydroxylation is 1. The van der Waals surface area contributed by atoms with Crippen molar-refractivity contribution in [2.75, 3.05) is 40.3 Å². The molecule has 0 aliphatic carbocycles. The summed E-state index contributed by atoms with van der Waals surface area (Å²) in [6.45, 7) is 10.1. The van der Waals surface area contributed by atoms with E-state index in [0.717, 1.165) is 18.2 Å². The van der Waals surface area contributed by atoms with Gasteiger partial charge in [-0.3, -0.25) is 0 Å². The zero-order chi connectivity index (χ0) is 21.0. The van der Waals surface area contributed by atoms with Gasteiger partial charge in [-0.05, 0) is 70.7 Å². The number of nitrogens with zero attached hydrogens (tertiary/aromatic N) is 3. The van der Waals surface area contributed by atoms with Gasteiger partial charge in [-0.1, -0.05) is 58.8 Å². The monoisotopic (exact) mass is 404 g/mol. The lowest BCUT2D eigenvalue weighted by atomic mass is 9.73. The molecule has 0 amide bonds. The Morgan fingerprint density at radius 1 is 0.966 bits per heavy atom. The molecule has 168 valence electrons. The maximum atomic E-state index is 4.29. The molecular weight excluding hydrogens is 356 g/mol. The van der Waals surface area contributed by atoms with Crippen LogP contribution in [0.25, 0.3) is 0 Å². The molecule has 1 aromatic heterocycles. The topological polar surface area (TPSA) is 35.2 Å². The van der Waals surface area contributed by atoms with Crippen molar-refractivity contribution in [2.24, 2.45) is 11.3 Å². The van der Waals surface area contributed by atoms with E-state index in [2.05, 4.69) is 47.7 Å². The van der Waals surface area contributed by atoms with Crippen molar-refractivity contribution in [3.8, 4) is 0 Å². The van der Waals surface area contributed by atoms with E-state index in [9.17, 15) is 0 Å². The molecule has 2 heterocycles. The van der Waals surface area contributed by atoms with Crippen LogP contribution >= 0.6 is 0 Å². The van der Waals surface area contributed by atoms with Crippen LogP contribution in [0.4, 0.5) is 0 Å². The SMILES string of the molecule is CN(C)CC(C)(C)C1CCN(CCCCCCCCCCCc2ncc[nH]2)CC1. The van der Waals surface area contributed by atoms with E-state index >= 15 is 0 Å². The van der Waals surface area contributed by atoms with Gasteiger partial charge in [-0.25, -0.2) is 4.98 Å². The number of aromatic amines is 1. The summed E-state index contributed by atoms with van der Waals surface area (Å²) in [6.07, 6.45) is 20.2. The van der Waals surface area contributed by atoms with Crippen LogP contribution in [0.3, 0.4) is 0 Å². The Balaban J connectivity index is 1.38. The summed E-state index contributed by atoms with van der Waals surface area (Å²) >= 11 is 0. The van der Waals surface area contributed by atoms with Crippen LogP contribution in [0, 0.1) is 11.3 Å². The molecule has 1 aromatic rings. The van der Waals surface area contributed by atoms with E-state index in [1.807, 2.05) is 12.4 Å². The van der Waals surface area contributed by atoms with Crippen LogP contribution in [0.5, 0.6) is 0 Å². The number of rotatable bonds is 15. The normalized spacial score (nSPS) is 16.7. The first kappa shape index (κ1) is 24.4. The van der Waals surface area contributed by atoms with Crippen molar-refractivity contribution in [1.29, 1.82) is 0 Å². The molecule has 0 spiro atoms. The van der Waals surface area contributed by atoms with Gasteiger partial charge in [0.25, 0.3) is 0 Å². The third-order valence-corrected chi connectivity index (χ3v) is 6.86. The van der Waals surface area contributed by atoms with Crippen molar-refractivity contribution in [2.45, 2.75) is 90.9 Å². The predicted octanol–water partition coefficient (Wildman–Crippen LogP) is 5.76. The van der Waals surface area contributed by atoms with Gasteiger partial charge >= 0.3 is 0 Å². The molecule has 1 aliphatic rings. The fraction of sp³-hybridized carbons (Fsp3) is 0.880. The Morgan fingerprint density at radius 3 is 2.10 bits per heavy atom. The van der Waals surface area contributed by atoms with E-state index in [4.69, 9.17) is 0 Å². The number of piperidine rings is 1. The molecule has 1 saturated heterocycles. The van der Waals surface area contributed by atoms with Crippen LogP contribution < -0.4 is 0 Å². The lowest BCUT2D eigenvalue weighted by molar-refractivity contribution is 0.0778. The molecule has 0 atom stereocenters. The van der Waals surface area contributed by atoms with Gasteiger partial charge in [0, 0.05) is 25.4 Å². The van der Waals surface area contributed by atoms with Crippen LogP contribution in [-0.2, 0) is 6.42 Å². The molecule has 0 saturated carbocycles. The van der Waals surface area contributed by atoms with Gasteiger partial charge in [0.15, 0.2) is 0 Å². The summed E-state index contributed by atoms with van der Waals surface area (Å²) in [7, 11) is 4.42. The molecule has 4 heteroatoms. The van der Waals surface area contributed by atoms with Crippen molar-refractivity contribution in [3.05, 3.63) is 18.2 Å². The summed E-state index contributed by atoms with van der Waals surface area (Å²) < 4.78 is 0. The number of imidazole rings is 1. The van der Waals surface area contributed by atoms with Gasteiger partial charge in [0.05, 0.1) is 0 Å². The van der Waals surface area contributed by atoms with Crippen molar-refractivity contribution in [1.82, 2.24) is 19.8 Å². The molecular formula is C25H48N4. The highest BCUT2D eigenvalue weighted by atomic mass is 15.1. The third-order valence-electron chi connectivity index (χ3n) is 6.86. The molecule has 1 aliphatic heterocycles.